The first-order chi connectivity index (χ1) is 14.1. The third-order valence-corrected chi connectivity index (χ3v) is 4.39. The molecule has 0 radical (unpaired) electrons. The molecular formula is C21H18N6O2. The first-order valence-corrected chi connectivity index (χ1v) is 8.98. The van der Waals surface area contributed by atoms with Crippen molar-refractivity contribution in [1.29, 1.82) is 0 Å². The van der Waals surface area contributed by atoms with Crippen LogP contribution in [-0.2, 0) is 11.3 Å². The molecule has 0 unspecified atom stereocenters. The van der Waals surface area contributed by atoms with Crippen molar-refractivity contribution in [3.8, 4) is 11.3 Å². The fourth-order valence-electron chi connectivity index (χ4n) is 2.96. The monoisotopic (exact) mass is 386 g/mol. The Labute approximate surface area is 166 Å². The van der Waals surface area contributed by atoms with E-state index in [4.69, 9.17) is 0 Å². The Hall–Kier alpha value is -4.07. The molecule has 0 aliphatic heterocycles. The molecule has 0 saturated heterocycles. The summed E-state index contributed by atoms with van der Waals surface area (Å²) in [7, 11) is 1.56. The van der Waals surface area contributed by atoms with E-state index in [9.17, 15) is 9.59 Å². The Morgan fingerprint density at radius 2 is 1.97 bits per heavy atom. The van der Waals surface area contributed by atoms with Crippen LogP contribution < -0.4 is 10.6 Å². The molecule has 0 atom stereocenters. The van der Waals surface area contributed by atoms with Gasteiger partial charge in [0.1, 0.15) is 6.54 Å². The number of nitrogens with one attached hydrogen (secondary N) is 2. The topological polar surface area (TPSA) is 102 Å². The van der Waals surface area contributed by atoms with Crippen molar-refractivity contribution in [2.45, 2.75) is 6.54 Å². The lowest BCUT2D eigenvalue weighted by molar-refractivity contribution is -0.121. The number of hydrogen-bond acceptors (Lipinski definition) is 5. The van der Waals surface area contributed by atoms with Gasteiger partial charge in [0.25, 0.3) is 5.91 Å². The van der Waals surface area contributed by atoms with E-state index in [1.54, 1.807) is 31.7 Å². The molecule has 2 amide bonds. The third-order valence-electron chi connectivity index (χ3n) is 4.39. The van der Waals surface area contributed by atoms with Crippen LogP contribution in [0.5, 0.6) is 0 Å². The maximum Gasteiger partial charge on any atom is 0.256 e. The number of anilines is 1. The summed E-state index contributed by atoms with van der Waals surface area (Å²) < 4.78 is 1.46. The van der Waals surface area contributed by atoms with Gasteiger partial charge in [0, 0.05) is 36.6 Å². The summed E-state index contributed by atoms with van der Waals surface area (Å²) in [4.78, 5) is 33.3. The molecule has 29 heavy (non-hydrogen) atoms. The summed E-state index contributed by atoms with van der Waals surface area (Å²) in [6.45, 7) is 0.0791. The van der Waals surface area contributed by atoms with Gasteiger partial charge in [0.05, 0.1) is 28.7 Å². The van der Waals surface area contributed by atoms with Gasteiger partial charge in [-0.15, -0.1) is 0 Å². The predicted octanol–water partition coefficient (Wildman–Crippen LogP) is 2.49. The van der Waals surface area contributed by atoms with Crippen molar-refractivity contribution in [1.82, 2.24) is 25.1 Å². The van der Waals surface area contributed by atoms with Crippen LogP contribution in [0.2, 0.25) is 0 Å². The van der Waals surface area contributed by atoms with E-state index < -0.39 is 0 Å². The van der Waals surface area contributed by atoms with Gasteiger partial charge in [0.15, 0.2) is 0 Å². The molecule has 0 saturated carbocycles. The molecule has 0 aliphatic carbocycles. The minimum Gasteiger partial charge on any atom is -0.358 e. The van der Waals surface area contributed by atoms with Gasteiger partial charge >= 0.3 is 0 Å². The summed E-state index contributed by atoms with van der Waals surface area (Å²) in [5.74, 6) is -0.458. The second kappa shape index (κ2) is 7.89. The number of rotatable bonds is 5. The molecule has 144 valence electrons. The number of hydrogen-bond donors (Lipinski definition) is 2. The Morgan fingerprint density at radius 1 is 1.10 bits per heavy atom. The van der Waals surface area contributed by atoms with Crippen LogP contribution in [0, 0.1) is 0 Å². The number of nitrogens with zero attached hydrogens (tertiary/aromatic N) is 4. The molecule has 1 aromatic carbocycles. The van der Waals surface area contributed by atoms with Crippen LogP contribution in [0.25, 0.3) is 22.2 Å². The first kappa shape index (κ1) is 18.3. The van der Waals surface area contributed by atoms with Gasteiger partial charge < -0.3 is 10.6 Å². The largest absolute Gasteiger partial charge is 0.358 e. The van der Waals surface area contributed by atoms with Crippen LogP contribution >= 0.6 is 0 Å². The number of likely N-dealkylation sites (N-methyl/N-ethyl adjacent to an activating group) is 1. The number of pyridine rings is 2. The minimum absolute atomic E-state index is 0.0791. The minimum atomic E-state index is -0.284. The number of carbonyl (C=O) groups excluding carboxylic acids is 2. The zero-order valence-corrected chi connectivity index (χ0v) is 15.7. The van der Waals surface area contributed by atoms with Crippen molar-refractivity contribution in [3.05, 3.63) is 72.8 Å². The summed E-state index contributed by atoms with van der Waals surface area (Å²) in [5.41, 5.74) is 3.20. The average molecular weight is 386 g/mol. The molecule has 4 aromatic rings. The van der Waals surface area contributed by atoms with Gasteiger partial charge in [-0.25, -0.2) is 4.98 Å². The molecule has 8 heteroatoms. The van der Waals surface area contributed by atoms with E-state index in [-0.39, 0.29) is 18.4 Å². The molecule has 0 spiro atoms. The van der Waals surface area contributed by atoms with E-state index in [2.05, 4.69) is 25.7 Å². The highest BCUT2D eigenvalue weighted by atomic mass is 16.2. The van der Waals surface area contributed by atoms with Gasteiger partial charge in [0.2, 0.25) is 5.91 Å². The molecule has 0 aliphatic rings. The number of carbonyl (C=O) groups is 2. The Balaban J connectivity index is 1.67. The summed E-state index contributed by atoms with van der Waals surface area (Å²) in [6.07, 6.45) is 6.51. The molecule has 2 N–H and O–H groups in total. The van der Waals surface area contributed by atoms with E-state index in [1.165, 1.54) is 10.9 Å². The fourth-order valence-corrected chi connectivity index (χ4v) is 2.96. The standard InChI is InChI=1S/C21H18N6O2/c1-22-20(28)13-27-12-15(11-24-27)25-21(29)17-9-19(14-5-4-8-23-10-14)26-18-7-3-2-6-16(17)18/h2-12H,13H2,1H3,(H,22,28)(H,25,29). The summed E-state index contributed by atoms with van der Waals surface area (Å²) >= 11 is 0. The Morgan fingerprint density at radius 3 is 2.76 bits per heavy atom. The number of amides is 2. The maximum atomic E-state index is 13.0. The van der Waals surface area contributed by atoms with Gasteiger partial charge in [-0.3, -0.25) is 19.3 Å². The maximum absolute atomic E-state index is 13.0. The number of para-hydroxylation sites is 1. The summed E-state index contributed by atoms with van der Waals surface area (Å²) in [6, 6.07) is 13.0. The molecule has 0 bridgehead atoms. The molecule has 0 fully saturated rings. The second-order valence-corrected chi connectivity index (χ2v) is 6.37. The van der Waals surface area contributed by atoms with E-state index >= 15 is 0 Å². The van der Waals surface area contributed by atoms with Crippen LogP contribution in [-0.4, -0.2) is 38.6 Å². The van der Waals surface area contributed by atoms with Crippen molar-refractivity contribution in [2.24, 2.45) is 0 Å². The summed E-state index contributed by atoms with van der Waals surface area (Å²) in [5, 5.41) is 10.2. The second-order valence-electron chi connectivity index (χ2n) is 6.37. The van der Waals surface area contributed by atoms with Gasteiger partial charge in [-0.2, -0.15) is 5.10 Å². The smallest absolute Gasteiger partial charge is 0.256 e. The highest BCUT2D eigenvalue weighted by molar-refractivity contribution is 6.13. The molecule has 3 aromatic heterocycles. The van der Waals surface area contributed by atoms with Crippen LogP contribution in [0.15, 0.2) is 67.3 Å². The quantitative estimate of drug-likeness (QED) is 0.549. The SMILES string of the molecule is CNC(=O)Cn1cc(NC(=O)c2cc(-c3cccnc3)nc3ccccc23)cn1. The Kier molecular flexibility index (Phi) is 4.98. The predicted molar refractivity (Wildman–Crippen MR) is 109 cm³/mol. The average Bonchev–Trinajstić information content (AvgIpc) is 3.19. The van der Waals surface area contributed by atoms with Crippen molar-refractivity contribution in [3.63, 3.8) is 0 Å². The van der Waals surface area contributed by atoms with E-state index in [0.29, 0.717) is 22.5 Å². The lowest BCUT2D eigenvalue weighted by atomic mass is 10.0. The van der Waals surface area contributed by atoms with Crippen molar-refractivity contribution in [2.75, 3.05) is 12.4 Å². The highest BCUT2D eigenvalue weighted by Crippen LogP contribution is 2.25. The van der Waals surface area contributed by atoms with Crippen molar-refractivity contribution >= 4 is 28.4 Å². The van der Waals surface area contributed by atoms with Gasteiger partial charge in [-0.1, -0.05) is 18.2 Å². The molecule has 3 heterocycles. The molecular weight excluding hydrogens is 368 g/mol. The zero-order chi connectivity index (χ0) is 20.2. The fraction of sp³-hybridized carbons (Fsp3) is 0.0952. The highest BCUT2D eigenvalue weighted by Gasteiger charge is 2.15. The Bertz CT molecular complexity index is 1190. The molecule has 8 nitrogen and oxygen atoms in total. The van der Waals surface area contributed by atoms with Crippen LogP contribution in [0.1, 0.15) is 10.4 Å². The first-order valence-electron chi connectivity index (χ1n) is 8.98. The van der Waals surface area contributed by atoms with Gasteiger partial charge in [-0.05, 0) is 24.3 Å². The number of fused-ring (bicyclic) bond motifs is 1. The lowest BCUT2D eigenvalue weighted by Crippen LogP contribution is -2.23. The van der Waals surface area contributed by atoms with Crippen LogP contribution in [0.4, 0.5) is 5.69 Å². The van der Waals surface area contributed by atoms with E-state index in [1.807, 2.05) is 36.4 Å². The third kappa shape index (κ3) is 3.96. The van der Waals surface area contributed by atoms with E-state index in [0.717, 1.165) is 10.9 Å². The number of benzene rings is 1. The van der Waals surface area contributed by atoms with Crippen molar-refractivity contribution < 1.29 is 9.59 Å². The number of aromatic nitrogens is 4. The lowest BCUT2D eigenvalue weighted by Gasteiger charge is -2.09. The van der Waals surface area contributed by atoms with Crippen LogP contribution in [0.3, 0.4) is 0 Å². The zero-order valence-electron chi connectivity index (χ0n) is 15.7. The normalized spacial score (nSPS) is 10.7. The molecule has 4 rings (SSSR count).